The first-order valence-electron chi connectivity index (χ1n) is 7.57. The quantitative estimate of drug-likeness (QED) is 0.712. The zero-order valence-corrected chi connectivity index (χ0v) is 15.7. The van der Waals surface area contributed by atoms with Crippen LogP contribution in [-0.2, 0) is 10.0 Å². The van der Waals surface area contributed by atoms with E-state index in [-0.39, 0.29) is 17.1 Å². The van der Waals surface area contributed by atoms with Crippen molar-refractivity contribution in [2.45, 2.75) is 23.9 Å². The SMILES string of the molecule is CCNS(=O)(=O)c1cc(F)c(OC)nc1C(c1ccc(Cl)cc1)C(F)(F)F. The molecular weight excluding hydrogens is 412 g/mol. The number of sulfonamides is 1. The van der Waals surface area contributed by atoms with Gasteiger partial charge < -0.3 is 4.74 Å². The molecule has 2 aromatic rings. The molecule has 1 aromatic carbocycles. The average molecular weight is 427 g/mol. The Morgan fingerprint density at radius 1 is 1.26 bits per heavy atom. The predicted molar refractivity (Wildman–Crippen MR) is 91.0 cm³/mol. The maximum atomic E-state index is 14.0. The second kappa shape index (κ2) is 7.99. The predicted octanol–water partition coefficient (Wildman–Crippen LogP) is 3.88. The van der Waals surface area contributed by atoms with Crippen molar-refractivity contribution in [3.8, 4) is 5.88 Å². The molecule has 0 spiro atoms. The summed E-state index contributed by atoms with van der Waals surface area (Å²) in [6.45, 7) is 1.33. The van der Waals surface area contributed by atoms with Gasteiger partial charge in [-0.05, 0) is 17.7 Å². The van der Waals surface area contributed by atoms with Crippen molar-refractivity contribution in [2.24, 2.45) is 0 Å². The molecule has 11 heteroatoms. The molecule has 0 saturated carbocycles. The average Bonchev–Trinajstić information content (AvgIpc) is 2.56. The lowest BCUT2D eigenvalue weighted by molar-refractivity contribution is -0.142. The molecular formula is C16H15ClF4N2O3S. The monoisotopic (exact) mass is 426 g/mol. The van der Waals surface area contributed by atoms with Crippen molar-refractivity contribution in [3.63, 3.8) is 0 Å². The summed E-state index contributed by atoms with van der Waals surface area (Å²) in [4.78, 5) is 2.62. The number of methoxy groups -OCH3 is 1. The van der Waals surface area contributed by atoms with E-state index in [1.807, 2.05) is 4.72 Å². The number of nitrogens with zero attached hydrogens (tertiary/aromatic N) is 1. The standard InChI is InChI=1S/C16H15ClF4N2O3S/c1-3-22-27(24,25)12-8-11(18)15(26-2)23-14(12)13(16(19,20)21)9-4-6-10(17)7-5-9/h4-8,13,22H,3H2,1-2H3. The molecule has 1 atom stereocenters. The van der Waals surface area contributed by atoms with Gasteiger partial charge in [0.2, 0.25) is 15.9 Å². The van der Waals surface area contributed by atoms with Gasteiger partial charge in [-0.3, -0.25) is 0 Å². The molecule has 2 rings (SSSR count). The number of hydrogen-bond acceptors (Lipinski definition) is 4. The summed E-state index contributed by atoms with van der Waals surface area (Å²) in [5.74, 6) is -4.38. The Labute approximate surface area is 158 Å². The van der Waals surface area contributed by atoms with Crippen molar-refractivity contribution in [3.05, 3.63) is 52.4 Å². The highest BCUT2D eigenvalue weighted by atomic mass is 35.5. The topological polar surface area (TPSA) is 68.3 Å². The lowest BCUT2D eigenvalue weighted by Gasteiger charge is -2.23. The van der Waals surface area contributed by atoms with E-state index in [0.717, 1.165) is 19.2 Å². The van der Waals surface area contributed by atoms with Crippen LogP contribution in [0.15, 0.2) is 35.2 Å². The number of halogens is 5. The molecule has 5 nitrogen and oxygen atoms in total. The molecule has 1 heterocycles. The van der Waals surface area contributed by atoms with E-state index in [1.54, 1.807) is 0 Å². The summed E-state index contributed by atoms with van der Waals surface area (Å²) in [6.07, 6.45) is -4.92. The summed E-state index contributed by atoms with van der Waals surface area (Å²) in [5, 5.41) is 0.199. The van der Waals surface area contributed by atoms with Gasteiger partial charge in [-0.1, -0.05) is 30.7 Å². The van der Waals surface area contributed by atoms with Crippen LogP contribution in [0.2, 0.25) is 5.02 Å². The molecule has 1 aromatic heterocycles. The fraction of sp³-hybridized carbons (Fsp3) is 0.312. The van der Waals surface area contributed by atoms with E-state index >= 15 is 0 Å². The van der Waals surface area contributed by atoms with Gasteiger partial charge in [-0.15, -0.1) is 0 Å². The lowest BCUT2D eigenvalue weighted by atomic mass is 9.94. The van der Waals surface area contributed by atoms with Crippen molar-refractivity contribution < 1.29 is 30.7 Å². The Bertz CT molecular complexity index is 918. The zero-order valence-electron chi connectivity index (χ0n) is 14.1. The molecule has 148 valence electrons. The maximum absolute atomic E-state index is 14.0. The minimum Gasteiger partial charge on any atom is -0.479 e. The van der Waals surface area contributed by atoms with Crippen molar-refractivity contribution >= 4 is 21.6 Å². The summed E-state index contributed by atoms with van der Waals surface area (Å²) in [5.41, 5.74) is -1.20. The third-order valence-electron chi connectivity index (χ3n) is 3.56. The van der Waals surface area contributed by atoms with Gasteiger partial charge in [0.15, 0.2) is 5.82 Å². The molecule has 1 unspecified atom stereocenters. The van der Waals surface area contributed by atoms with Crippen LogP contribution >= 0.6 is 11.6 Å². The van der Waals surface area contributed by atoms with Crippen LogP contribution in [0.5, 0.6) is 5.88 Å². The van der Waals surface area contributed by atoms with Crippen LogP contribution in [0, 0.1) is 5.82 Å². The second-order valence-corrected chi connectivity index (χ2v) is 7.56. The van der Waals surface area contributed by atoms with Crippen LogP contribution in [-0.4, -0.2) is 33.2 Å². The van der Waals surface area contributed by atoms with Gasteiger partial charge in [-0.25, -0.2) is 22.5 Å². The Kier molecular flexibility index (Phi) is 6.33. The molecule has 0 fully saturated rings. The summed E-state index contributed by atoms with van der Waals surface area (Å²) in [6, 6.07) is 5.13. The molecule has 0 radical (unpaired) electrons. The molecule has 0 saturated heterocycles. The molecule has 0 amide bonds. The number of alkyl halides is 3. The molecule has 27 heavy (non-hydrogen) atoms. The number of aromatic nitrogens is 1. The van der Waals surface area contributed by atoms with E-state index in [9.17, 15) is 26.0 Å². The number of hydrogen-bond donors (Lipinski definition) is 1. The first-order chi connectivity index (χ1) is 12.5. The normalized spacial score (nSPS) is 13.4. The van der Waals surface area contributed by atoms with Gasteiger partial charge in [0.05, 0.1) is 12.8 Å². The van der Waals surface area contributed by atoms with Crippen molar-refractivity contribution in [2.75, 3.05) is 13.7 Å². The Morgan fingerprint density at radius 2 is 1.85 bits per heavy atom. The second-order valence-electron chi connectivity index (χ2n) is 5.39. The third-order valence-corrected chi connectivity index (χ3v) is 5.38. The van der Waals surface area contributed by atoms with Crippen molar-refractivity contribution in [1.29, 1.82) is 0 Å². The lowest BCUT2D eigenvalue weighted by Crippen LogP contribution is -2.29. The number of pyridine rings is 1. The van der Waals surface area contributed by atoms with E-state index < -0.39 is 44.4 Å². The first kappa shape index (κ1) is 21.4. The van der Waals surface area contributed by atoms with Crippen LogP contribution in [0.4, 0.5) is 17.6 Å². The smallest absolute Gasteiger partial charge is 0.401 e. The zero-order chi connectivity index (χ0) is 20.4. The van der Waals surface area contributed by atoms with Crippen LogP contribution in [0.25, 0.3) is 0 Å². The summed E-state index contributed by atoms with van der Waals surface area (Å²) in [7, 11) is -3.43. The molecule has 0 aliphatic rings. The first-order valence-corrected chi connectivity index (χ1v) is 9.43. The van der Waals surface area contributed by atoms with Crippen molar-refractivity contribution in [1.82, 2.24) is 9.71 Å². The number of ether oxygens (including phenoxy) is 1. The van der Waals surface area contributed by atoms with E-state index in [1.165, 1.54) is 19.1 Å². The molecule has 0 aliphatic heterocycles. The fourth-order valence-corrected chi connectivity index (χ4v) is 3.82. The number of rotatable bonds is 6. The van der Waals surface area contributed by atoms with Gasteiger partial charge >= 0.3 is 6.18 Å². The Morgan fingerprint density at radius 3 is 2.33 bits per heavy atom. The van der Waals surface area contributed by atoms with Gasteiger partial charge in [-0.2, -0.15) is 13.2 Å². The molecule has 1 N–H and O–H groups in total. The maximum Gasteiger partial charge on any atom is 0.401 e. The van der Waals surface area contributed by atoms with Gasteiger partial charge in [0.1, 0.15) is 10.8 Å². The Hall–Kier alpha value is -1.91. The third kappa shape index (κ3) is 4.69. The van der Waals surface area contributed by atoms with Gasteiger partial charge in [0.25, 0.3) is 0 Å². The largest absolute Gasteiger partial charge is 0.479 e. The summed E-state index contributed by atoms with van der Waals surface area (Å²) >= 11 is 5.72. The summed E-state index contributed by atoms with van der Waals surface area (Å²) < 4.78 is 87.1. The Balaban J connectivity index is 2.83. The number of nitrogens with one attached hydrogen (secondary N) is 1. The van der Waals surface area contributed by atoms with Crippen LogP contribution in [0.3, 0.4) is 0 Å². The van der Waals surface area contributed by atoms with E-state index in [0.29, 0.717) is 6.07 Å². The highest BCUT2D eigenvalue weighted by molar-refractivity contribution is 7.89. The molecule has 0 bridgehead atoms. The van der Waals surface area contributed by atoms with Crippen LogP contribution in [0.1, 0.15) is 24.1 Å². The minimum atomic E-state index is -4.92. The van der Waals surface area contributed by atoms with Crippen LogP contribution < -0.4 is 9.46 Å². The van der Waals surface area contributed by atoms with Gasteiger partial charge in [0, 0.05) is 17.6 Å². The molecule has 0 aliphatic carbocycles. The highest BCUT2D eigenvalue weighted by Crippen LogP contribution is 2.42. The number of benzene rings is 1. The fourth-order valence-electron chi connectivity index (χ4n) is 2.46. The van der Waals surface area contributed by atoms with E-state index in [2.05, 4.69) is 9.72 Å². The highest BCUT2D eigenvalue weighted by Gasteiger charge is 2.46. The van der Waals surface area contributed by atoms with E-state index in [4.69, 9.17) is 11.6 Å². The minimum absolute atomic E-state index is 0.104.